The van der Waals surface area contributed by atoms with Crippen molar-refractivity contribution in [3.63, 3.8) is 0 Å². The highest BCUT2D eigenvalue weighted by Gasteiger charge is 2.13. The lowest BCUT2D eigenvalue weighted by molar-refractivity contribution is 0.455. The third-order valence-electron chi connectivity index (χ3n) is 3.45. The fourth-order valence-corrected chi connectivity index (χ4v) is 2.21. The van der Waals surface area contributed by atoms with Crippen LogP contribution in [0.5, 0.6) is 11.5 Å². The predicted octanol–water partition coefficient (Wildman–Crippen LogP) is 4.99. The average molecular weight is 287 g/mol. The second-order valence-corrected chi connectivity index (χ2v) is 5.23. The maximum absolute atomic E-state index is 13.6. The lowest BCUT2D eigenvalue weighted by Crippen LogP contribution is -2.20. The molecular weight excluding hydrogens is 265 g/mol. The molecule has 0 bridgehead atoms. The Labute approximate surface area is 126 Å². The molecule has 0 saturated heterocycles. The van der Waals surface area contributed by atoms with Crippen LogP contribution in [0.4, 0.5) is 4.39 Å². The second kappa shape index (κ2) is 7.23. The summed E-state index contributed by atoms with van der Waals surface area (Å²) in [6.45, 7) is 7.02. The topological polar surface area (TPSA) is 21.3 Å². The zero-order valence-electron chi connectivity index (χ0n) is 12.8. The minimum absolute atomic E-state index is 0.0414. The fourth-order valence-electron chi connectivity index (χ4n) is 2.21. The van der Waals surface area contributed by atoms with E-state index >= 15 is 0 Å². The number of benzene rings is 2. The fraction of sp³-hybridized carbons (Fsp3) is 0.333. The van der Waals surface area contributed by atoms with E-state index in [0.717, 1.165) is 29.8 Å². The molecule has 0 saturated carbocycles. The van der Waals surface area contributed by atoms with E-state index in [-0.39, 0.29) is 11.9 Å². The molecule has 21 heavy (non-hydrogen) atoms. The van der Waals surface area contributed by atoms with Crippen molar-refractivity contribution >= 4 is 0 Å². The zero-order chi connectivity index (χ0) is 15.2. The van der Waals surface area contributed by atoms with Crippen molar-refractivity contribution < 1.29 is 9.13 Å². The Kier molecular flexibility index (Phi) is 5.34. The Hall–Kier alpha value is -1.87. The van der Waals surface area contributed by atoms with Gasteiger partial charge in [0.05, 0.1) is 0 Å². The number of aryl methyl sites for hydroxylation is 1. The first kappa shape index (κ1) is 15.5. The molecule has 0 spiro atoms. The minimum atomic E-state index is -0.243. The minimum Gasteiger partial charge on any atom is -0.457 e. The quantitative estimate of drug-likeness (QED) is 0.808. The van der Waals surface area contributed by atoms with E-state index in [1.165, 1.54) is 6.07 Å². The number of nitrogens with one attached hydrogen (secondary N) is 1. The molecule has 0 amide bonds. The normalized spacial score (nSPS) is 12.2. The van der Waals surface area contributed by atoms with Crippen LogP contribution in [0.25, 0.3) is 0 Å². The van der Waals surface area contributed by atoms with Gasteiger partial charge in [-0.2, -0.15) is 0 Å². The molecule has 0 aliphatic carbocycles. The third-order valence-corrected chi connectivity index (χ3v) is 3.45. The molecule has 1 N–H and O–H groups in total. The van der Waals surface area contributed by atoms with Gasteiger partial charge in [0.15, 0.2) is 0 Å². The molecule has 0 heterocycles. The first-order chi connectivity index (χ1) is 10.1. The second-order valence-electron chi connectivity index (χ2n) is 5.23. The van der Waals surface area contributed by atoms with Crippen LogP contribution in [-0.4, -0.2) is 6.54 Å². The summed E-state index contributed by atoms with van der Waals surface area (Å²) in [4.78, 5) is 0. The van der Waals surface area contributed by atoms with Gasteiger partial charge in [-0.05, 0) is 56.6 Å². The monoisotopic (exact) mass is 287 g/mol. The molecule has 0 radical (unpaired) electrons. The van der Waals surface area contributed by atoms with Gasteiger partial charge >= 0.3 is 0 Å². The molecule has 2 aromatic carbocycles. The van der Waals surface area contributed by atoms with E-state index in [1.807, 2.05) is 38.1 Å². The predicted molar refractivity (Wildman–Crippen MR) is 84.4 cm³/mol. The van der Waals surface area contributed by atoms with Gasteiger partial charge in [-0.3, -0.25) is 0 Å². The number of ether oxygens (including phenoxy) is 1. The molecule has 0 aromatic heterocycles. The van der Waals surface area contributed by atoms with Gasteiger partial charge in [0.2, 0.25) is 0 Å². The van der Waals surface area contributed by atoms with Crippen molar-refractivity contribution in [3.05, 3.63) is 59.4 Å². The van der Waals surface area contributed by atoms with Gasteiger partial charge in [0.1, 0.15) is 17.3 Å². The summed E-state index contributed by atoms with van der Waals surface area (Å²) in [6.07, 6.45) is 1.04. The Bertz CT molecular complexity index is 598. The largest absolute Gasteiger partial charge is 0.457 e. The van der Waals surface area contributed by atoms with Crippen molar-refractivity contribution in [2.24, 2.45) is 0 Å². The Morgan fingerprint density at radius 1 is 1.14 bits per heavy atom. The van der Waals surface area contributed by atoms with Crippen molar-refractivity contribution in [2.45, 2.75) is 33.2 Å². The molecule has 2 aromatic rings. The third kappa shape index (κ3) is 4.05. The summed E-state index contributed by atoms with van der Waals surface area (Å²) < 4.78 is 19.6. The van der Waals surface area contributed by atoms with Crippen LogP contribution in [0.2, 0.25) is 0 Å². The molecule has 112 valence electrons. The molecule has 1 unspecified atom stereocenters. The van der Waals surface area contributed by atoms with Gasteiger partial charge < -0.3 is 10.1 Å². The Balaban J connectivity index is 2.28. The van der Waals surface area contributed by atoms with Crippen LogP contribution in [0.3, 0.4) is 0 Å². The van der Waals surface area contributed by atoms with Gasteiger partial charge in [-0.1, -0.05) is 25.1 Å². The smallest absolute Gasteiger partial charge is 0.132 e. The molecule has 2 rings (SSSR count). The highest BCUT2D eigenvalue weighted by atomic mass is 19.1. The maximum atomic E-state index is 13.6. The summed E-state index contributed by atoms with van der Waals surface area (Å²) in [6, 6.07) is 12.5. The lowest BCUT2D eigenvalue weighted by Gasteiger charge is -2.19. The summed E-state index contributed by atoms with van der Waals surface area (Å²) in [5.41, 5.74) is 1.90. The highest BCUT2D eigenvalue weighted by Crippen LogP contribution is 2.31. The number of hydrogen-bond donors (Lipinski definition) is 1. The van der Waals surface area contributed by atoms with Crippen LogP contribution in [0.15, 0.2) is 42.5 Å². The summed E-state index contributed by atoms with van der Waals surface area (Å²) in [7, 11) is 0. The number of halogens is 1. The molecule has 2 nitrogen and oxygen atoms in total. The maximum Gasteiger partial charge on any atom is 0.132 e. The van der Waals surface area contributed by atoms with Gasteiger partial charge in [0, 0.05) is 11.6 Å². The van der Waals surface area contributed by atoms with E-state index in [2.05, 4.69) is 12.2 Å². The lowest BCUT2D eigenvalue weighted by atomic mass is 10.1. The SMILES string of the molecule is CCCNC(C)c1cc(F)ccc1Oc1ccccc1C. The summed E-state index contributed by atoms with van der Waals surface area (Å²) in [5, 5.41) is 3.37. The van der Waals surface area contributed by atoms with E-state index in [0.29, 0.717) is 5.75 Å². The van der Waals surface area contributed by atoms with E-state index < -0.39 is 0 Å². The van der Waals surface area contributed by atoms with Crippen molar-refractivity contribution in [1.82, 2.24) is 5.32 Å². The van der Waals surface area contributed by atoms with Crippen LogP contribution in [-0.2, 0) is 0 Å². The van der Waals surface area contributed by atoms with Crippen molar-refractivity contribution in [2.75, 3.05) is 6.54 Å². The molecule has 0 fully saturated rings. The summed E-state index contributed by atoms with van der Waals surface area (Å²) >= 11 is 0. The van der Waals surface area contributed by atoms with Crippen LogP contribution in [0, 0.1) is 12.7 Å². The number of hydrogen-bond acceptors (Lipinski definition) is 2. The van der Waals surface area contributed by atoms with E-state index in [1.54, 1.807) is 12.1 Å². The van der Waals surface area contributed by atoms with E-state index in [9.17, 15) is 4.39 Å². The van der Waals surface area contributed by atoms with Gasteiger partial charge in [0.25, 0.3) is 0 Å². The standard InChI is InChI=1S/C18H22FNO/c1-4-11-20-14(3)16-12-15(19)9-10-18(16)21-17-8-6-5-7-13(17)2/h5-10,12,14,20H,4,11H2,1-3H3. The summed E-state index contributed by atoms with van der Waals surface area (Å²) in [5.74, 6) is 1.25. The molecule has 0 aliphatic heterocycles. The van der Waals surface area contributed by atoms with Crippen LogP contribution < -0.4 is 10.1 Å². The number of rotatable bonds is 6. The van der Waals surface area contributed by atoms with E-state index in [4.69, 9.17) is 4.74 Å². The van der Waals surface area contributed by atoms with Crippen LogP contribution in [0.1, 0.15) is 37.4 Å². The zero-order valence-corrected chi connectivity index (χ0v) is 12.8. The molecule has 0 aliphatic rings. The Morgan fingerprint density at radius 2 is 1.90 bits per heavy atom. The first-order valence-corrected chi connectivity index (χ1v) is 7.38. The van der Waals surface area contributed by atoms with Gasteiger partial charge in [-0.15, -0.1) is 0 Å². The van der Waals surface area contributed by atoms with Crippen LogP contribution >= 0.6 is 0 Å². The highest BCUT2D eigenvalue weighted by molar-refractivity contribution is 5.42. The Morgan fingerprint density at radius 3 is 2.62 bits per heavy atom. The molecular formula is C18H22FNO. The van der Waals surface area contributed by atoms with Crippen molar-refractivity contribution in [3.8, 4) is 11.5 Å². The average Bonchev–Trinajstić information content (AvgIpc) is 2.48. The molecule has 1 atom stereocenters. The molecule has 3 heteroatoms. The first-order valence-electron chi connectivity index (χ1n) is 7.38. The number of para-hydroxylation sites is 1. The van der Waals surface area contributed by atoms with Crippen molar-refractivity contribution in [1.29, 1.82) is 0 Å². The van der Waals surface area contributed by atoms with Gasteiger partial charge in [-0.25, -0.2) is 4.39 Å².